The Hall–Kier alpha value is -0.690. The number of hydrogen-bond acceptors (Lipinski definition) is 1. The lowest BCUT2D eigenvalue weighted by molar-refractivity contribution is -0.291. The highest BCUT2D eigenvalue weighted by Crippen LogP contribution is 2.44. The summed E-state index contributed by atoms with van der Waals surface area (Å²) in [6.45, 7) is 1.68. The van der Waals surface area contributed by atoms with Gasteiger partial charge in [0.1, 0.15) is 6.04 Å². The lowest BCUT2D eigenvalue weighted by Gasteiger charge is -2.26. The van der Waals surface area contributed by atoms with Gasteiger partial charge >= 0.3 is 12.1 Å². The molecule has 0 unspecified atom stereocenters. The molecule has 0 aromatic heterocycles. The van der Waals surface area contributed by atoms with Crippen LogP contribution in [0.3, 0.4) is 0 Å². The van der Waals surface area contributed by atoms with Crippen molar-refractivity contribution in [1.82, 2.24) is 0 Å². The molecule has 0 aliphatic carbocycles. The average molecular weight is 318 g/mol. The van der Waals surface area contributed by atoms with E-state index in [1.54, 1.807) is 6.92 Å². The summed E-state index contributed by atoms with van der Waals surface area (Å²) in [6, 6.07) is 1.58. The van der Waals surface area contributed by atoms with Crippen LogP contribution in [0.1, 0.15) is 17.2 Å². The number of benzene rings is 1. The van der Waals surface area contributed by atoms with Crippen molar-refractivity contribution < 1.29 is 22.0 Å². The second-order valence-electron chi connectivity index (χ2n) is 3.62. The fraction of sp³-hybridized carbons (Fsp3) is 0.400. The largest absolute Gasteiger partial charge is 0.455 e. The van der Waals surface area contributed by atoms with E-state index >= 15 is 0 Å². The van der Waals surface area contributed by atoms with Crippen LogP contribution in [0.25, 0.3) is 0 Å². The molecule has 0 saturated carbocycles. The van der Waals surface area contributed by atoms with Gasteiger partial charge in [-0.05, 0) is 24.1 Å². The molecule has 0 amide bonds. The minimum atomic E-state index is -5.67. The fourth-order valence-electron chi connectivity index (χ4n) is 1.26. The Labute approximate surface area is 103 Å². The Morgan fingerprint density at radius 3 is 2.12 bits per heavy atom. The second-order valence-corrected chi connectivity index (χ2v) is 4.48. The van der Waals surface area contributed by atoms with Crippen molar-refractivity contribution in [3.05, 3.63) is 33.8 Å². The van der Waals surface area contributed by atoms with Crippen LogP contribution in [0.5, 0.6) is 0 Å². The standard InChI is InChI=1S/C10H9BrF5N/c1-5-2-3-6(7(11)4-5)8(17)9(12,13)10(14,15)16/h2-4,8H,17H2,1H3/t8-/m0/s1. The third kappa shape index (κ3) is 2.77. The van der Waals surface area contributed by atoms with Crippen molar-refractivity contribution in [2.75, 3.05) is 0 Å². The summed E-state index contributed by atoms with van der Waals surface area (Å²) in [5, 5.41) is 0. The van der Waals surface area contributed by atoms with Gasteiger partial charge in [-0.3, -0.25) is 0 Å². The maximum absolute atomic E-state index is 13.0. The van der Waals surface area contributed by atoms with E-state index in [0.29, 0.717) is 0 Å². The number of halogens is 6. The van der Waals surface area contributed by atoms with Crippen molar-refractivity contribution in [3.63, 3.8) is 0 Å². The molecule has 1 nitrogen and oxygen atoms in total. The van der Waals surface area contributed by atoms with Gasteiger partial charge in [0.2, 0.25) is 0 Å². The highest BCUT2D eigenvalue weighted by Gasteiger charge is 2.61. The molecule has 1 rings (SSSR count). The minimum Gasteiger partial charge on any atom is -0.319 e. The van der Waals surface area contributed by atoms with Gasteiger partial charge in [-0.15, -0.1) is 0 Å². The van der Waals surface area contributed by atoms with Gasteiger partial charge in [-0.2, -0.15) is 22.0 Å². The van der Waals surface area contributed by atoms with E-state index in [1.165, 1.54) is 12.1 Å². The molecule has 1 aromatic rings. The molecular formula is C10H9BrF5N. The molecule has 0 heterocycles. The maximum Gasteiger partial charge on any atom is 0.455 e. The van der Waals surface area contributed by atoms with Gasteiger partial charge in [-0.1, -0.05) is 28.1 Å². The van der Waals surface area contributed by atoms with E-state index in [4.69, 9.17) is 5.73 Å². The van der Waals surface area contributed by atoms with Crippen molar-refractivity contribution in [3.8, 4) is 0 Å². The molecule has 0 fully saturated rings. The number of nitrogens with two attached hydrogens (primary N) is 1. The van der Waals surface area contributed by atoms with E-state index in [-0.39, 0.29) is 10.0 Å². The van der Waals surface area contributed by atoms with E-state index in [0.717, 1.165) is 11.6 Å². The van der Waals surface area contributed by atoms with Crippen LogP contribution in [-0.4, -0.2) is 12.1 Å². The highest BCUT2D eigenvalue weighted by atomic mass is 79.9. The lowest BCUT2D eigenvalue weighted by Crippen LogP contribution is -2.46. The summed E-state index contributed by atoms with van der Waals surface area (Å²) >= 11 is 2.93. The molecule has 7 heteroatoms. The Balaban J connectivity index is 3.17. The van der Waals surface area contributed by atoms with Gasteiger partial charge in [-0.25, -0.2) is 0 Å². The van der Waals surface area contributed by atoms with Crippen molar-refractivity contribution >= 4 is 15.9 Å². The number of hydrogen-bond donors (Lipinski definition) is 1. The summed E-state index contributed by atoms with van der Waals surface area (Å²) in [6.07, 6.45) is -5.67. The van der Waals surface area contributed by atoms with Crippen molar-refractivity contribution in [1.29, 1.82) is 0 Å². The van der Waals surface area contributed by atoms with Crippen LogP contribution in [0.15, 0.2) is 22.7 Å². The Morgan fingerprint density at radius 2 is 1.71 bits per heavy atom. The third-order valence-electron chi connectivity index (χ3n) is 2.26. The van der Waals surface area contributed by atoms with E-state index < -0.39 is 18.1 Å². The molecular weight excluding hydrogens is 309 g/mol. The number of aryl methyl sites for hydroxylation is 1. The van der Waals surface area contributed by atoms with Crippen LogP contribution >= 0.6 is 15.9 Å². The number of alkyl halides is 5. The number of rotatable bonds is 2. The Morgan fingerprint density at radius 1 is 1.18 bits per heavy atom. The fourth-order valence-corrected chi connectivity index (χ4v) is 2.00. The van der Waals surface area contributed by atoms with E-state index in [1.807, 2.05) is 0 Å². The molecule has 17 heavy (non-hydrogen) atoms. The Kier molecular flexibility index (Phi) is 3.83. The van der Waals surface area contributed by atoms with E-state index in [2.05, 4.69) is 15.9 Å². The maximum atomic E-state index is 13.0. The smallest absolute Gasteiger partial charge is 0.319 e. The topological polar surface area (TPSA) is 26.0 Å². The van der Waals surface area contributed by atoms with Crippen LogP contribution < -0.4 is 5.73 Å². The zero-order valence-electron chi connectivity index (χ0n) is 8.65. The SMILES string of the molecule is Cc1ccc([C@H](N)C(F)(F)C(F)(F)F)c(Br)c1. The molecule has 1 aromatic carbocycles. The first-order valence-corrected chi connectivity index (χ1v) is 5.33. The first-order valence-electron chi connectivity index (χ1n) is 4.53. The van der Waals surface area contributed by atoms with Crippen LogP contribution in [0.4, 0.5) is 22.0 Å². The minimum absolute atomic E-state index is 0.133. The van der Waals surface area contributed by atoms with Gasteiger partial charge in [0.15, 0.2) is 0 Å². The van der Waals surface area contributed by atoms with Crippen LogP contribution in [-0.2, 0) is 0 Å². The predicted octanol–water partition coefficient (Wildman–Crippen LogP) is 3.95. The van der Waals surface area contributed by atoms with Gasteiger partial charge < -0.3 is 5.73 Å². The first kappa shape index (κ1) is 14.4. The van der Waals surface area contributed by atoms with Gasteiger partial charge in [0, 0.05) is 4.47 Å². The monoisotopic (exact) mass is 317 g/mol. The second kappa shape index (κ2) is 4.53. The molecule has 1 atom stereocenters. The van der Waals surface area contributed by atoms with Crippen LogP contribution in [0, 0.1) is 6.92 Å². The molecule has 96 valence electrons. The first-order chi connectivity index (χ1) is 7.57. The quantitative estimate of drug-likeness (QED) is 0.821. The summed E-state index contributed by atoms with van der Waals surface area (Å²) in [5.74, 6) is -4.97. The van der Waals surface area contributed by atoms with Crippen LogP contribution in [0.2, 0.25) is 0 Å². The average Bonchev–Trinajstić information content (AvgIpc) is 2.14. The zero-order chi connectivity index (χ0) is 13.4. The molecule has 2 N–H and O–H groups in total. The summed E-state index contributed by atoms with van der Waals surface area (Å²) in [4.78, 5) is 0. The molecule has 0 bridgehead atoms. The third-order valence-corrected chi connectivity index (χ3v) is 2.95. The molecule has 0 radical (unpaired) electrons. The molecule has 0 spiro atoms. The molecule has 0 aliphatic rings. The molecule has 0 aliphatic heterocycles. The zero-order valence-corrected chi connectivity index (χ0v) is 10.2. The molecule has 0 saturated heterocycles. The Bertz CT molecular complexity index is 416. The lowest BCUT2D eigenvalue weighted by atomic mass is 10.00. The normalized spacial score (nSPS) is 14.8. The van der Waals surface area contributed by atoms with Gasteiger partial charge in [0.25, 0.3) is 0 Å². The summed E-state index contributed by atoms with van der Waals surface area (Å²) in [7, 11) is 0. The summed E-state index contributed by atoms with van der Waals surface area (Å²) < 4.78 is 62.6. The van der Waals surface area contributed by atoms with Gasteiger partial charge in [0.05, 0.1) is 0 Å². The predicted molar refractivity (Wildman–Crippen MR) is 56.8 cm³/mol. The van der Waals surface area contributed by atoms with Crippen molar-refractivity contribution in [2.45, 2.75) is 25.1 Å². The van der Waals surface area contributed by atoms with Crippen molar-refractivity contribution in [2.24, 2.45) is 5.73 Å². The van der Waals surface area contributed by atoms with E-state index in [9.17, 15) is 22.0 Å². The highest BCUT2D eigenvalue weighted by molar-refractivity contribution is 9.10. The summed E-state index contributed by atoms with van der Waals surface area (Å²) in [5.41, 5.74) is 5.46.